The molecule has 0 saturated carbocycles. The van der Waals surface area contributed by atoms with Gasteiger partial charge in [0.1, 0.15) is 16.5 Å². The smallest absolute Gasteiger partial charge is 0.781 e. The third-order valence-electron chi connectivity index (χ3n) is 1.68. The summed E-state index contributed by atoms with van der Waals surface area (Å²) in [6.45, 7) is 2.58. The van der Waals surface area contributed by atoms with Crippen molar-refractivity contribution in [3.63, 3.8) is 0 Å². The first-order chi connectivity index (χ1) is 7.54. The molecule has 2 atom stereocenters. The van der Waals surface area contributed by atoms with Crippen LogP contribution in [0.25, 0.3) is 0 Å². The summed E-state index contributed by atoms with van der Waals surface area (Å²) in [4.78, 5) is 18.6. The molecule has 10 heteroatoms. The number of hydrogen-bond acceptors (Lipinski definition) is 6. The standard InChI is InChI=1S/C8H18O.2K.H4O5P2/c1-2-3-4-5-6-7-8-9;;;1-6(2)5-7(3)4/h9H,2-8H2,1H3;;;6-7H,(H,1,2)(H,3,4)/q;2*+1;/p-2. The van der Waals surface area contributed by atoms with Crippen LogP contribution in [0.15, 0.2) is 0 Å². The van der Waals surface area contributed by atoms with Crippen molar-refractivity contribution in [2.45, 2.75) is 45.4 Å². The van der Waals surface area contributed by atoms with Crippen molar-refractivity contribution in [1.29, 1.82) is 0 Å². The van der Waals surface area contributed by atoms with Crippen LogP contribution < -0.4 is 113 Å². The van der Waals surface area contributed by atoms with Crippen molar-refractivity contribution < 1.29 is 131 Å². The van der Waals surface area contributed by atoms with Gasteiger partial charge in [-0.3, -0.25) is 4.31 Å². The third kappa shape index (κ3) is 36.6. The average molecular weight is 352 g/mol. The van der Waals surface area contributed by atoms with Crippen molar-refractivity contribution in [3.8, 4) is 0 Å². The molecule has 1 N–H and O–H groups in total. The zero-order chi connectivity index (χ0) is 12.8. The summed E-state index contributed by atoms with van der Waals surface area (Å²) in [5.41, 5.74) is 0. The van der Waals surface area contributed by atoms with E-state index in [1.54, 1.807) is 0 Å². The Hall–Kier alpha value is 3.57. The SMILES string of the molecule is CCCCCCCCO.O=[PH]([O-])O[PH](=O)[O-].[K+].[K+]. The minimum absolute atomic E-state index is 0. The van der Waals surface area contributed by atoms with E-state index < -0.39 is 16.5 Å². The number of aliphatic hydroxyl groups is 1. The van der Waals surface area contributed by atoms with E-state index in [2.05, 4.69) is 11.2 Å². The molecule has 0 aliphatic rings. The second-order valence-electron chi connectivity index (χ2n) is 3.09. The van der Waals surface area contributed by atoms with Gasteiger partial charge in [0.2, 0.25) is 0 Å². The molecular formula is C8H20K2O6P2. The Morgan fingerprint density at radius 3 is 1.61 bits per heavy atom. The van der Waals surface area contributed by atoms with Crippen LogP contribution in [-0.4, -0.2) is 11.7 Å². The van der Waals surface area contributed by atoms with E-state index in [0.717, 1.165) is 6.42 Å². The molecule has 0 spiro atoms. The Kier molecular flexibility index (Phi) is 41.9. The fourth-order valence-corrected chi connectivity index (χ4v) is 1.50. The normalized spacial score (nSPS) is 12.2. The minimum Gasteiger partial charge on any atom is -0.781 e. The predicted octanol–water partition coefficient (Wildman–Crippen LogP) is -5.15. The molecule has 0 saturated heterocycles. The molecule has 0 bridgehead atoms. The molecule has 0 aromatic heterocycles. The Morgan fingerprint density at radius 2 is 1.33 bits per heavy atom. The molecule has 0 aromatic rings. The molecule has 18 heavy (non-hydrogen) atoms. The van der Waals surface area contributed by atoms with Crippen LogP contribution in [0, 0.1) is 0 Å². The quantitative estimate of drug-likeness (QED) is 0.266. The maximum atomic E-state index is 9.29. The monoisotopic (exact) mass is 352 g/mol. The van der Waals surface area contributed by atoms with Gasteiger partial charge in [-0.25, -0.2) is 0 Å². The van der Waals surface area contributed by atoms with Gasteiger partial charge in [0, 0.05) is 6.61 Å². The number of hydrogen-bond donors (Lipinski definition) is 1. The summed E-state index contributed by atoms with van der Waals surface area (Å²) in [5, 5.41) is 8.42. The molecule has 0 heterocycles. The van der Waals surface area contributed by atoms with Crippen molar-refractivity contribution >= 4 is 16.5 Å². The maximum absolute atomic E-state index is 9.29. The molecule has 100 valence electrons. The summed E-state index contributed by atoms with van der Waals surface area (Å²) in [6.07, 6.45) is 7.50. The Morgan fingerprint density at radius 1 is 0.944 bits per heavy atom. The minimum atomic E-state index is -3.51. The van der Waals surface area contributed by atoms with E-state index in [1.165, 1.54) is 32.1 Å². The van der Waals surface area contributed by atoms with Gasteiger partial charge < -0.3 is 24.0 Å². The predicted molar refractivity (Wildman–Crippen MR) is 59.5 cm³/mol. The zero-order valence-corrected chi connectivity index (χ0v) is 19.7. The Labute approximate surface area is 195 Å². The maximum Gasteiger partial charge on any atom is 1.00 e. The molecule has 0 aliphatic heterocycles. The molecule has 2 unspecified atom stereocenters. The topological polar surface area (TPSA) is 110 Å². The fraction of sp³-hybridized carbons (Fsp3) is 1.00. The van der Waals surface area contributed by atoms with Crippen LogP contribution in [0.3, 0.4) is 0 Å². The van der Waals surface area contributed by atoms with Gasteiger partial charge in [0.05, 0.1) is 0 Å². The summed E-state index contributed by atoms with van der Waals surface area (Å²) < 4.78 is 21.8. The molecule has 0 aliphatic carbocycles. The molecule has 0 rings (SSSR count). The van der Waals surface area contributed by atoms with Gasteiger partial charge in [-0.05, 0) is 6.42 Å². The van der Waals surface area contributed by atoms with Crippen LogP contribution in [0.2, 0.25) is 0 Å². The first-order valence-corrected chi connectivity index (χ1v) is 7.70. The Bertz CT molecular complexity index is 178. The zero-order valence-electron chi connectivity index (χ0n) is 11.4. The largest absolute Gasteiger partial charge is 1.00 e. The van der Waals surface area contributed by atoms with E-state index in [9.17, 15) is 18.9 Å². The molecule has 0 amide bonds. The van der Waals surface area contributed by atoms with Gasteiger partial charge in [-0.2, -0.15) is 0 Å². The van der Waals surface area contributed by atoms with E-state index in [-0.39, 0.29) is 103 Å². The van der Waals surface area contributed by atoms with Crippen molar-refractivity contribution in [1.82, 2.24) is 0 Å². The van der Waals surface area contributed by atoms with E-state index in [1.807, 2.05) is 0 Å². The van der Waals surface area contributed by atoms with Crippen molar-refractivity contribution in [2.24, 2.45) is 0 Å². The third-order valence-corrected chi connectivity index (χ3v) is 3.01. The summed E-state index contributed by atoms with van der Waals surface area (Å²) in [7, 11) is -7.03. The van der Waals surface area contributed by atoms with Gasteiger partial charge in [-0.15, -0.1) is 0 Å². The van der Waals surface area contributed by atoms with Crippen LogP contribution in [0.1, 0.15) is 45.4 Å². The average Bonchev–Trinajstić information content (AvgIpc) is 2.16. The van der Waals surface area contributed by atoms with Crippen LogP contribution in [-0.2, 0) is 13.4 Å². The summed E-state index contributed by atoms with van der Waals surface area (Å²) in [5.74, 6) is 0. The van der Waals surface area contributed by atoms with Gasteiger partial charge in [-0.1, -0.05) is 39.0 Å². The van der Waals surface area contributed by atoms with E-state index >= 15 is 0 Å². The molecular weight excluding hydrogens is 332 g/mol. The molecule has 6 nitrogen and oxygen atoms in total. The number of aliphatic hydroxyl groups excluding tert-OH is 1. The molecule has 0 fully saturated rings. The Balaban J connectivity index is -0.000000100. The molecule has 0 aromatic carbocycles. The van der Waals surface area contributed by atoms with Crippen molar-refractivity contribution in [3.05, 3.63) is 0 Å². The first-order valence-electron chi connectivity index (χ1n) is 5.25. The second kappa shape index (κ2) is 25.5. The summed E-state index contributed by atoms with van der Waals surface area (Å²) >= 11 is 0. The van der Waals surface area contributed by atoms with Gasteiger partial charge in [0.25, 0.3) is 0 Å². The van der Waals surface area contributed by atoms with E-state index in [0.29, 0.717) is 6.61 Å². The van der Waals surface area contributed by atoms with Gasteiger partial charge >= 0.3 is 103 Å². The second-order valence-corrected chi connectivity index (χ2v) is 4.91. The number of rotatable bonds is 8. The van der Waals surface area contributed by atoms with Crippen LogP contribution in [0.4, 0.5) is 0 Å². The van der Waals surface area contributed by atoms with Crippen LogP contribution in [0.5, 0.6) is 0 Å². The first kappa shape index (κ1) is 29.6. The number of unbranched alkanes of at least 4 members (excludes halogenated alkanes) is 5. The van der Waals surface area contributed by atoms with E-state index in [4.69, 9.17) is 5.11 Å². The van der Waals surface area contributed by atoms with Crippen LogP contribution >= 0.6 is 16.5 Å². The van der Waals surface area contributed by atoms with Gasteiger partial charge in [0.15, 0.2) is 0 Å². The summed E-state index contributed by atoms with van der Waals surface area (Å²) in [6, 6.07) is 0. The molecule has 0 radical (unpaired) electrons. The van der Waals surface area contributed by atoms with Crippen molar-refractivity contribution in [2.75, 3.05) is 6.61 Å². The fourth-order valence-electron chi connectivity index (χ4n) is 0.960.